The zero-order chi connectivity index (χ0) is 12.0. The molecule has 1 aliphatic rings. The fraction of sp³-hybridized carbons (Fsp3) is 0.300. The van der Waals surface area contributed by atoms with E-state index in [-0.39, 0.29) is 35.6 Å². The van der Waals surface area contributed by atoms with Gasteiger partial charge in [-0.05, 0) is 0 Å². The molecule has 7 heteroatoms. The van der Waals surface area contributed by atoms with Crippen LogP contribution in [0.2, 0.25) is 0 Å². The lowest BCUT2D eigenvalue weighted by Gasteiger charge is -2.28. The highest BCUT2D eigenvalue weighted by atomic mass is 16.3. The highest BCUT2D eigenvalue weighted by Crippen LogP contribution is 2.31. The molecule has 17 heavy (non-hydrogen) atoms. The van der Waals surface area contributed by atoms with Crippen LogP contribution >= 0.6 is 0 Å². The molecule has 2 atom stereocenters. The quantitative estimate of drug-likeness (QED) is 0.601. The highest BCUT2D eigenvalue weighted by molar-refractivity contribution is 5.70. The van der Waals surface area contributed by atoms with E-state index in [2.05, 4.69) is 15.0 Å². The lowest BCUT2D eigenvalue weighted by atomic mass is 9.89. The van der Waals surface area contributed by atoms with Gasteiger partial charge in [0.15, 0.2) is 11.2 Å². The van der Waals surface area contributed by atoms with Crippen molar-refractivity contribution in [2.45, 2.75) is 6.04 Å². The number of hydrogen-bond donors (Lipinski definition) is 3. The van der Waals surface area contributed by atoms with E-state index in [4.69, 9.17) is 10.8 Å². The standard InChI is InChI=1S/C10H11N5O2/c11-10-13-8-7(9(17)14-10)12-4-15(8)6-2-1-5(6)3-16/h1-2,4-6,16H,3H2,(H3,11,13,14,17)/t5-,6-/m1/s1. The fourth-order valence-corrected chi connectivity index (χ4v) is 2.00. The summed E-state index contributed by atoms with van der Waals surface area (Å²) in [4.78, 5) is 22.1. The van der Waals surface area contributed by atoms with Crippen LogP contribution in [0.25, 0.3) is 11.2 Å². The maximum atomic E-state index is 11.6. The maximum Gasteiger partial charge on any atom is 0.280 e. The van der Waals surface area contributed by atoms with Gasteiger partial charge >= 0.3 is 0 Å². The predicted octanol–water partition coefficient (Wildman–Crippen LogP) is -0.579. The van der Waals surface area contributed by atoms with Crippen molar-refractivity contribution in [3.63, 3.8) is 0 Å². The maximum absolute atomic E-state index is 11.6. The molecule has 0 spiro atoms. The number of fused-ring (bicyclic) bond motifs is 1. The number of nitrogen functional groups attached to an aromatic ring is 1. The van der Waals surface area contributed by atoms with Gasteiger partial charge in [-0.2, -0.15) is 4.98 Å². The summed E-state index contributed by atoms with van der Waals surface area (Å²) >= 11 is 0. The van der Waals surface area contributed by atoms with Crippen LogP contribution < -0.4 is 11.3 Å². The number of nitrogens with two attached hydrogens (primary N) is 1. The number of rotatable bonds is 2. The first-order valence-electron chi connectivity index (χ1n) is 5.22. The second kappa shape index (κ2) is 3.42. The minimum atomic E-state index is -0.352. The Balaban J connectivity index is 2.19. The molecular formula is C10H11N5O2. The van der Waals surface area contributed by atoms with Gasteiger partial charge in [0, 0.05) is 5.92 Å². The Hall–Kier alpha value is -2.15. The van der Waals surface area contributed by atoms with Gasteiger partial charge in [0.1, 0.15) is 0 Å². The van der Waals surface area contributed by atoms with Gasteiger partial charge in [0.25, 0.3) is 5.56 Å². The van der Waals surface area contributed by atoms with Crippen LogP contribution in [0.15, 0.2) is 23.3 Å². The van der Waals surface area contributed by atoms with E-state index >= 15 is 0 Å². The summed E-state index contributed by atoms with van der Waals surface area (Å²) in [6.07, 6.45) is 5.39. The molecule has 0 fully saturated rings. The number of allylic oxidation sites excluding steroid dienone is 1. The predicted molar refractivity (Wildman–Crippen MR) is 61.3 cm³/mol. The Morgan fingerprint density at radius 3 is 3.00 bits per heavy atom. The number of aliphatic hydroxyl groups is 1. The summed E-state index contributed by atoms with van der Waals surface area (Å²) in [5.74, 6) is 0.0998. The Kier molecular flexibility index (Phi) is 2.02. The van der Waals surface area contributed by atoms with Gasteiger partial charge in [-0.15, -0.1) is 0 Å². The monoisotopic (exact) mass is 233 g/mol. The molecule has 1 aliphatic carbocycles. The Labute approximate surface area is 95.6 Å². The Morgan fingerprint density at radius 2 is 2.35 bits per heavy atom. The second-order valence-corrected chi connectivity index (χ2v) is 4.00. The minimum absolute atomic E-state index is 0.0151. The lowest BCUT2D eigenvalue weighted by molar-refractivity contribution is 0.212. The van der Waals surface area contributed by atoms with Crippen molar-refractivity contribution in [3.8, 4) is 0 Å². The highest BCUT2D eigenvalue weighted by Gasteiger charge is 2.27. The van der Waals surface area contributed by atoms with Gasteiger partial charge < -0.3 is 15.4 Å². The molecule has 2 aromatic heterocycles. The van der Waals surface area contributed by atoms with Crippen LogP contribution in [0.3, 0.4) is 0 Å². The average Bonchev–Trinajstić information content (AvgIpc) is 2.61. The normalized spacial score (nSPS) is 22.9. The second-order valence-electron chi connectivity index (χ2n) is 4.00. The smallest absolute Gasteiger partial charge is 0.280 e. The zero-order valence-electron chi connectivity index (χ0n) is 8.87. The summed E-state index contributed by atoms with van der Waals surface area (Å²) in [6, 6.07) is -0.0151. The molecule has 4 N–H and O–H groups in total. The van der Waals surface area contributed by atoms with Crippen LogP contribution in [0, 0.1) is 5.92 Å². The molecule has 3 rings (SSSR count). The average molecular weight is 233 g/mol. The van der Waals surface area contributed by atoms with Gasteiger partial charge in [-0.3, -0.25) is 9.78 Å². The van der Waals surface area contributed by atoms with Crippen molar-refractivity contribution in [1.29, 1.82) is 0 Å². The molecule has 88 valence electrons. The van der Waals surface area contributed by atoms with Gasteiger partial charge in [-0.25, -0.2) is 4.98 Å². The summed E-state index contributed by atoms with van der Waals surface area (Å²) in [5.41, 5.74) is 5.86. The molecule has 0 saturated carbocycles. The van der Waals surface area contributed by atoms with Crippen molar-refractivity contribution in [1.82, 2.24) is 19.5 Å². The first-order chi connectivity index (χ1) is 8.20. The van der Waals surface area contributed by atoms with Gasteiger partial charge in [0.05, 0.1) is 19.0 Å². The van der Waals surface area contributed by atoms with Crippen molar-refractivity contribution in [2.75, 3.05) is 12.3 Å². The molecule has 0 amide bonds. The van der Waals surface area contributed by atoms with E-state index in [1.165, 1.54) is 0 Å². The lowest BCUT2D eigenvalue weighted by Crippen LogP contribution is -2.25. The molecule has 0 aliphatic heterocycles. The summed E-state index contributed by atoms with van der Waals surface area (Å²) in [6.45, 7) is 0.0551. The Morgan fingerprint density at radius 1 is 1.53 bits per heavy atom. The van der Waals surface area contributed by atoms with E-state index in [0.29, 0.717) is 5.65 Å². The molecule has 7 nitrogen and oxygen atoms in total. The van der Waals surface area contributed by atoms with E-state index < -0.39 is 0 Å². The number of aromatic amines is 1. The molecule has 0 unspecified atom stereocenters. The molecule has 0 saturated heterocycles. The fourth-order valence-electron chi connectivity index (χ4n) is 2.00. The minimum Gasteiger partial charge on any atom is -0.396 e. The molecule has 2 aromatic rings. The van der Waals surface area contributed by atoms with Crippen LogP contribution in [-0.2, 0) is 0 Å². The van der Waals surface area contributed by atoms with E-state index in [1.807, 2.05) is 12.2 Å². The van der Waals surface area contributed by atoms with Crippen molar-refractivity contribution >= 4 is 17.1 Å². The third kappa shape index (κ3) is 1.36. The molecule has 0 aromatic carbocycles. The molecule has 0 radical (unpaired) electrons. The SMILES string of the molecule is Nc1nc2c(ncn2[C@@H]2C=C[C@@H]2CO)c(=O)[nH]1. The van der Waals surface area contributed by atoms with Crippen LogP contribution in [-0.4, -0.2) is 31.2 Å². The molecular weight excluding hydrogens is 222 g/mol. The number of nitrogens with zero attached hydrogens (tertiary/aromatic N) is 3. The van der Waals surface area contributed by atoms with Gasteiger partial charge in [0.2, 0.25) is 5.95 Å². The van der Waals surface area contributed by atoms with Crippen molar-refractivity contribution < 1.29 is 5.11 Å². The number of aliphatic hydroxyl groups excluding tert-OH is 1. The summed E-state index contributed by atoms with van der Waals surface area (Å²) in [7, 11) is 0. The summed E-state index contributed by atoms with van der Waals surface area (Å²) in [5, 5.41) is 9.14. The van der Waals surface area contributed by atoms with Crippen LogP contribution in [0.4, 0.5) is 5.95 Å². The van der Waals surface area contributed by atoms with Crippen LogP contribution in [0.1, 0.15) is 6.04 Å². The van der Waals surface area contributed by atoms with Crippen LogP contribution in [0.5, 0.6) is 0 Å². The molecule has 0 bridgehead atoms. The number of H-pyrrole nitrogens is 1. The van der Waals surface area contributed by atoms with E-state index in [1.54, 1.807) is 10.9 Å². The first-order valence-corrected chi connectivity index (χ1v) is 5.22. The number of imidazole rings is 1. The van der Waals surface area contributed by atoms with E-state index in [0.717, 1.165) is 0 Å². The first kappa shape index (κ1) is 10.0. The number of aromatic nitrogens is 4. The largest absolute Gasteiger partial charge is 0.396 e. The number of anilines is 1. The van der Waals surface area contributed by atoms with E-state index in [9.17, 15) is 4.79 Å². The topological polar surface area (TPSA) is 110 Å². The van der Waals surface area contributed by atoms with Gasteiger partial charge in [-0.1, -0.05) is 12.2 Å². The summed E-state index contributed by atoms with van der Waals surface area (Å²) < 4.78 is 1.75. The molecule has 2 heterocycles. The third-order valence-electron chi connectivity index (χ3n) is 2.98. The Bertz CT molecular complexity index is 656. The van der Waals surface area contributed by atoms with Crippen molar-refractivity contribution in [3.05, 3.63) is 28.8 Å². The zero-order valence-corrected chi connectivity index (χ0v) is 8.87. The third-order valence-corrected chi connectivity index (χ3v) is 2.98. The number of nitrogens with one attached hydrogen (secondary N) is 1. The number of hydrogen-bond acceptors (Lipinski definition) is 5. The van der Waals surface area contributed by atoms with Crippen molar-refractivity contribution in [2.24, 2.45) is 5.92 Å².